The number of nitrogens with zero attached hydrogens (tertiary/aromatic N) is 1. The lowest BCUT2D eigenvalue weighted by Crippen LogP contribution is -2.37. The zero-order valence-electron chi connectivity index (χ0n) is 12.8. The molecule has 0 aromatic rings. The van der Waals surface area contributed by atoms with Gasteiger partial charge in [0.15, 0.2) is 0 Å². The molecule has 0 unspecified atom stereocenters. The lowest BCUT2D eigenvalue weighted by molar-refractivity contribution is -0.870. The quantitative estimate of drug-likeness (QED) is 0.370. The molecule has 0 saturated heterocycles. The maximum absolute atomic E-state index is 12.4. The number of hydrogen-bond donors (Lipinski definition) is 0. The van der Waals surface area contributed by atoms with Crippen LogP contribution in [-0.4, -0.2) is 57.3 Å². The summed E-state index contributed by atoms with van der Waals surface area (Å²) >= 11 is 0. The molecular weight excluding hydrogens is 253 g/mol. The Bertz CT molecular complexity index is 260. The van der Waals surface area contributed by atoms with Gasteiger partial charge in [-0.05, 0) is 27.7 Å². The van der Waals surface area contributed by atoms with Crippen molar-refractivity contribution in [3.05, 3.63) is 0 Å². The van der Waals surface area contributed by atoms with E-state index in [1.165, 1.54) is 0 Å². The first-order chi connectivity index (χ1) is 8.04. The molecule has 0 spiro atoms. The lowest BCUT2D eigenvalue weighted by atomic mass is 10.5. The fourth-order valence-corrected chi connectivity index (χ4v) is 3.05. The highest BCUT2D eigenvalue weighted by Crippen LogP contribution is 2.50. The van der Waals surface area contributed by atoms with Crippen LogP contribution >= 0.6 is 7.60 Å². The van der Waals surface area contributed by atoms with Crippen LogP contribution in [-0.2, 0) is 18.3 Å². The molecule has 0 bridgehead atoms. The van der Waals surface area contributed by atoms with Crippen molar-refractivity contribution in [3.63, 3.8) is 0 Å². The van der Waals surface area contributed by atoms with Gasteiger partial charge in [0.05, 0.1) is 40.0 Å². The predicted molar refractivity (Wildman–Crippen MR) is 73.8 cm³/mol. The Morgan fingerprint density at radius 2 is 1.44 bits per heavy atom. The Labute approximate surface area is 112 Å². The second kappa shape index (κ2) is 7.61. The van der Waals surface area contributed by atoms with E-state index < -0.39 is 7.60 Å². The molecule has 0 N–H and O–H groups in total. The molecular formula is C12H29NO4P+. The topological polar surface area (TPSA) is 44.8 Å². The second-order valence-electron chi connectivity index (χ2n) is 5.97. The third-order valence-corrected chi connectivity index (χ3v) is 3.88. The average Bonchev–Trinajstić information content (AvgIpc) is 2.08. The summed E-state index contributed by atoms with van der Waals surface area (Å²) in [5, 5.41) is 0. The van der Waals surface area contributed by atoms with Crippen molar-refractivity contribution in [2.45, 2.75) is 39.9 Å². The molecule has 0 aliphatic heterocycles. The SMILES string of the molecule is CC(C)OP(=O)(COCC[N+](C)(C)C)OC(C)C. The summed E-state index contributed by atoms with van der Waals surface area (Å²) in [5.41, 5.74) is 0. The maximum atomic E-state index is 12.4. The van der Waals surface area contributed by atoms with Crippen molar-refractivity contribution in [3.8, 4) is 0 Å². The highest BCUT2D eigenvalue weighted by molar-refractivity contribution is 7.53. The van der Waals surface area contributed by atoms with E-state index in [2.05, 4.69) is 21.1 Å². The minimum Gasteiger partial charge on any atom is -0.363 e. The molecule has 110 valence electrons. The van der Waals surface area contributed by atoms with Crippen LogP contribution in [0.5, 0.6) is 0 Å². The van der Waals surface area contributed by atoms with Gasteiger partial charge in [0, 0.05) is 0 Å². The maximum Gasteiger partial charge on any atom is 0.356 e. The summed E-state index contributed by atoms with van der Waals surface area (Å²) < 4.78 is 29.4. The Kier molecular flexibility index (Phi) is 7.64. The van der Waals surface area contributed by atoms with Gasteiger partial charge in [-0.3, -0.25) is 4.57 Å². The smallest absolute Gasteiger partial charge is 0.356 e. The second-order valence-corrected chi connectivity index (χ2v) is 7.87. The van der Waals surface area contributed by atoms with Crippen molar-refractivity contribution >= 4 is 7.60 Å². The van der Waals surface area contributed by atoms with Crippen LogP contribution in [0, 0.1) is 0 Å². The third kappa shape index (κ3) is 10.0. The van der Waals surface area contributed by atoms with E-state index in [4.69, 9.17) is 13.8 Å². The molecule has 0 saturated carbocycles. The van der Waals surface area contributed by atoms with Crippen LogP contribution in [0.2, 0.25) is 0 Å². The van der Waals surface area contributed by atoms with E-state index in [-0.39, 0.29) is 18.6 Å². The molecule has 0 fully saturated rings. The molecule has 0 atom stereocenters. The fourth-order valence-electron chi connectivity index (χ4n) is 1.24. The molecule has 0 radical (unpaired) electrons. The minimum atomic E-state index is -3.14. The third-order valence-electron chi connectivity index (χ3n) is 1.90. The van der Waals surface area contributed by atoms with Gasteiger partial charge >= 0.3 is 7.60 Å². The Morgan fingerprint density at radius 1 is 1.00 bits per heavy atom. The number of quaternary nitrogens is 1. The number of rotatable bonds is 9. The van der Waals surface area contributed by atoms with Gasteiger partial charge in [-0.1, -0.05) is 0 Å². The summed E-state index contributed by atoms with van der Waals surface area (Å²) in [6.07, 6.45) is -0.267. The molecule has 0 heterocycles. The largest absolute Gasteiger partial charge is 0.363 e. The summed E-state index contributed by atoms with van der Waals surface area (Å²) in [4.78, 5) is 0. The molecule has 5 nitrogen and oxygen atoms in total. The van der Waals surface area contributed by atoms with Crippen molar-refractivity contribution in [1.82, 2.24) is 0 Å². The Hall–Kier alpha value is 0.0700. The molecule has 0 aliphatic rings. The molecule has 0 aromatic carbocycles. The lowest BCUT2D eigenvalue weighted by Gasteiger charge is -2.25. The van der Waals surface area contributed by atoms with Crippen molar-refractivity contribution in [1.29, 1.82) is 0 Å². The zero-order valence-corrected chi connectivity index (χ0v) is 13.7. The normalized spacial score (nSPS) is 13.6. The van der Waals surface area contributed by atoms with E-state index in [1.807, 2.05) is 27.7 Å². The molecule has 18 heavy (non-hydrogen) atoms. The van der Waals surface area contributed by atoms with E-state index in [0.29, 0.717) is 6.61 Å². The number of ether oxygens (including phenoxy) is 1. The van der Waals surface area contributed by atoms with Gasteiger partial charge in [-0.2, -0.15) is 0 Å². The highest BCUT2D eigenvalue weighted by atomic mass is 31.2. The van der Waals surface area contributed by atoms with Gasteiger partial charge in [-0.25, -0.2) is 0 Å². The first kappa shape index (κ1) is 18.1. The van der Waals surface area contributed by atoms with Crippen molar-refractivity contribution in [2.24, 2.45) is 0 Å². The number of hydrogen-bond acceptors (Lipinski definition) is 4. The van der Waals surface area contributed by atoms with Crippen LogP contribution in [0.15, 0.2) is 0 Å². The zero-order chi connectivity index (χ0) is 14.4. The Morgan fingerprint density at radius 3 is 1.78 bits per heavy atom. The van der Waals surface area contributed by atoms with E-state index in [9.17, 15) is 4.57 Å². The first-order valence-electron chi connectivity index (χ1n) is 6.38. The summed E-state index contributed by atoms with van der Waals surface area (Å²) in [6, 6.07) is 0. The first-order valence-corrected chi connectivity index (χ1v) is 8.11. The van der Waals surface area contributed by atoms with Crippen LogP contribution in [0.3, 0.4) is 0 Å². The fraction of sp³-hybridized carbons (Fsp3) is 1.00. The summed E-state index contributed by atoms with van der Waals surface area (Å²) in [5.74, 6) is 0. The minimum absolute atomic E-state index is 0.0172. The molecule has 0 aromatic heterocycles. The molecule has 0 aliphatic carbocycles. The van der Waals surface area contributed by atoms with Gasteiger partial charge < -0.3 is 18.3 Å². The van der Waals surface area contributed by atoms with Crippen LogP contribution in [0.25, 0.3) is 0 Å². The predicted octanol–water partition coefficient (Wildman–Crippen LogP) is 2.71. The highest BCUT2D eigenvalue weighted by Gasteiger charge is 2.28. The molecule has 6 heteroatoms. The van der Waals surface area contributed by atoms with Crippen LogP contribution < -0.4 is 0 Å². The van der Waals surface area contributed by atoms with Crippen LogP contribution in [0.1, 0.15) is 27.7 Å². The summed E-state index contributed by atoms with van der Waals surface area (Å²) in [6.45, 7) is 8.73. The number of likely N-dealkylation sites (N-methyl/N-ethyl adjacent to an activating group) is 1. The Balaban J connectivity index is 4.21. The molecule has 0 rings (SSSR count). The van der Waals surface area contributed by atoms with Crippen molar-refractivity contribution < 1.29 is 22.8 Å². The monoisotopic (exact) mass is 282 g/mol. The van der Waals surface area contributed by atoms with Gasteiger partial charge in [0.2, 0.25) is 0 Å². The van der Waals surface area contributed by atoms with E-state index in [0.717, 1.165) is 11.0 Å². The average molecular weight is 282 g/mol. The van der Waals surface area contributed by atoms with E-state index in [1.54, 1.807) is 0 Å². The standard InChI is InChI=1S/C12H29NO4P/c1-11(2)16-18(14,17-12(3)4)10-15-9-8-13(5,6)7/h11-12H,8-10H2,1-7H3/q+1. The van der Waals surface area contributed by atoms with Gasteiger partial charge in [-0.15, -0.1) is 0 Å². The van der Waals surface area contributed by atoms with E-state index >= 15 is 0 Å². The van der Waals surface area contributed by atoms with Gasteiger partial charge in [0.1, 0.15) is 12.9 Å². The van der Waals surface area contributed by atoms with Gasteiger partial charge in [0.25, 0.3) is 0 Å². The molecule has 0 amide bonds. The summed E-state index contributed by atoms with van der Waals surface area (Å²) in [7, 11) is 3.10. The van der Waals surface area contributed by atoms with Crippen molar-refractivity contribution in [2.75, 3.05) is 40.6 Å². The van der Waals surface area contributed by atoms with Crippen LogP contribution in [0.4, 0.5) is 0 Å².